The predicted molar refractivity (Wildman–Crippen MR) is 81.1 cm³/mol. The fourth-order valence-corrected chi connectivity index (χ4v) is 4.17. The molecule has 5 heteroatoms. The van der Waals surface area contributed by atoms with E-state index in [-0.39, 0.29) is 5.92 Å². The first-order valence-electron chi connectivity index (χ1n) is 7.25. The number of benzene rings is 1. The van der Waals surface area contributed by atoms with Crippen LogP contribution in [-0.4, -0.2) is 32.4 Å². The summed E-state index contributed by atoms with van der Waals surface area (Å²) < 4.78 is 26.8. The second kappa shape index (κ2) is 6.24. The van der Waals surface area contributed by atoms with Gasteiger partial charge in [-0.25, -0.2) is 8.42 Å². The lowest BCUT2D eigenvalue weighted by Gasteiger charge is -2.31. The average molecular weight is 296 g/mol. The van der Waals surface area contributed by atoms with Crippen LogP contribution in [0, 0.1) is 5.92 Å². The summed E-state index contributed by atoms with van der Waals surface area (Å²) >= 11 is 0. The van der Waals surface area contributed by atoms with E-state index in [0.717, 1.165) is 18.4 Å². The molecule has 1 aromatic rings. The Morgan fingerprint density at radius 1 is 1.30 bits per heavy atom. The van der Waals surface area contributed by atoms with E-state index in [4.69, 9.17) is 5.73 Å². The van der Waals surface area contributed by atoms with Crippen molar-refractivity contribution in [2.45, 2.75) is 37.5 Å². The van der Waals surface area contributed by atoms with Crippen molar-refractivity contribution < 1.29 is 8.42 Å². The number of nitrogens with zero attached hydrogens (tertiary/aromatic N) is 1. The second-order valence-electron chi connectivity index (χ2n) is 5.83. The number of nitrogens with two attached hydrogens (primary N) is 1. The maximum atomic E-state index is 12.6. The van der Waals surface area contributed by atoms with Gasteiger partial charge in [0.05, 0.1) is 4.90 Å². The Hall–Kier alpha value is -0.910. The number of piperidine rings is 1. The van der Waals surface area contributed by atoms with Crippen LogP contribution >= 0.6 is 0 Å². The van der Waals surface area contributed by atoms with Crippen molar-refractivity contribution in [2.24, 2.45) is 11.7 Å². The molecule has 1 aliphatic heterocycles. The molecule has 1 heterocycles. The van der Waals surface area contributed by atoms with Crippen molar-refractivity contribution in [3.8, 4) is 0 Å². The zero-order chi connectivity index (χ0) is 14.8. The van der Waals surface area contributed by atoms with Crippen molar-refractivity contribution in [3.05, 3.63) is 29.8 Å². The number of sulfonamides is 1. The zero-order valence-electron chi connectivity index (χ0n) is 12.2. The molecule has 0 aromatic heterocycles. The van der Waals surface area contributed by atoms with E-state index in [1.165, 1.54) is 0 Å². The molecule has 4 nitrogen and oxygen atoms in total. The summed E-state index contributed by atoms with van der Waals surface area (Å²) in [4.78, 5) is 0.388. The Morgan fingerprint density at radius 2 is 1.95 bits per heavy atom. The molecule has 0 radical (unpaired) electrons. The summed E-state index contributed by atoms with van der Waals surface area (Å²) in [6.07, 6.45) is 1.92. The first-order chi connectivity index (χ1) is 9.45. The second-order valence-corrected chi connectivity index (χ2v) is 7.77. The van der Waals surface area contributed by atoms with Crippen LogP contribution in [0.2, 0.25) is 0 Å². The Labute approximate surface area is 122 Å². The maximum absolute atomic E-state index is 12.6. The van der Waals surface area contributed by atoms with Gasteiger partial charge in [0, 0.05) is 13.1 Å². The third-order valence-corrected chi connectivity index (χ3v) is 5.88. The Kier molecular flexibility index (Phi) is 4.83. The molecule has 0 saturated carbocycles. The monoisotopic (exact) mass is 296 g/mol. The molecule has 1 fully saturated rings. The largest absolute Gasteiger partial charge is 0.330 e. The molecule has 112 valence electrons. The van der Waals surface area contributed by atoms with Gasteiger partial charge in [-0.05, 0) is 48.9 Å². The molecule has 0 spiro atoms. The van der Waals surface area contributed by atoms with Gasteiger partial charge in [0.25, 0.3) is 0 Å². The summed E-state index contributed by atoms with van der Waals surface area (Å²) in [5, 5.41) is 0. The molecule has 1 saturated heterocycles. The fourth-order valence-electron chi connectivity index (χ4n) is 2.61. The molecule has 1 aromatic carbocycles. The molecule has 20 heavy (non-hydrogen) atoms. The van der Waals surface area contributed by atoms with Crippen LogP contribution in [0.3, 0.4) is 0 Å². The van der Waals surface area contributed by atoms with Crippen molar-refractivity contribution >= 4 is 10.0 Å². The molecule has 0 bridgehead atoms. The zero-order valence-corrected chi connectivity index (χ0v) is 13.1. The van der Waals surface area contributed by atoms with Crippen LogP contribution in [0.15, 0.2) is 29.2 Å². The molecular weight excluding hydrogens is 272 g/mol. The highest BCUT2D eigenvalue weighted by Crippen LogP contribution is 2.24. The highest BCUT2D eigenvalue weighted by Gasteiger charge is 2.29. The van der Waals surface area contributed by atoms with E-state index in [1.54, 1.807) is 16.4 Å². The summed E-state index contributed by atoms with van der Waals surface area (Å²) in [5.74, 6) is 0.692. The van der Waals surface area contributed by atoms with Crippen LogP contribution in [0.4, 0.5) is 0 Å². The van der Waals surface area contributed by atoms with Crippen LogP contribution in [0.25, 0.3) is 0 Å². The van der Waals surface area contributed by atoms with E-state index in [1.807, 2.05) is 12.1 Å². The van der Waals surface area contributed by atoms with Crippen LogP contribution in [0.5, 0.6) is 0 Å². The summed E-state index contributed by atoms with van der Waals surface area (Å²) in [6.45, 7) is 5.90. The minimum Gasteiger partial charge on any atom is -0.330 e. The minimum atomic E-state index is -3.37. The van der Waals surface area contributed by atoms with E-state index in [0.29, 0.717) is 30.4 Å². The molecule has 1 unspecified atom stereocenters. The third-order valence-electron chi connectivity index (χ3n) is 4.00. The van der Waals surface area contributed by atoms with Gasteiger partial charge in [0.1, 0.15) is 0 Å². The van der Waals surface area contributed by atoms with Gasteiger partial charge in [-0.1, -0.05) is 26.0 Å². The Morgan fingerprint density at radius 3 is 2.50 bits per heavy atom. The maximum Gasteiger partial charge on any atom is 0.243 e. The molecule has 2 N–H and O–H groups in total. The van der Waals surface area contributed by atoms with Crippen molar-refractivity contribution in [2.75, 3.05) is 19.6 Å². The normalized spacial score (nSPS) is 21.3. The quantitative estimate of drug-likeness (QED) is 0.926. The van der Waals surface area contributed by atoms with Crippen molar-refractivity contribution in [1.82, 2.24) is 4.31 Å². The predicted octanol–water partition coefficient (Wildman–Crippen LogP) is 2.17. The fraction of sp³-hybridized carbons (Fsp3) is 0.600. The topological polar surface area (TPSA) is 63.4 Å². The standard InChI is InChI=1S/C15H24N2O2S/c1-12(2)14-5-7-15(8-6-14)20(18,19)17-9-3-4-13(10-16)11-17/h5-8,12-13H,3-4,9-11,16H2,1-2H3. The lowest BCUT2D eigenvalue weighted by atomic mass is 10.0. The van der Waals surface area contributed by atoms with Gasteiger partial charge in [-0.15, -0.1) is 0 Å². The van der Waals surface area contributed by atoms with Crippen molar-refractivity contribution in [3.63, 3.8) is 0 Å². The molecular formula is C15H24N2O2S. The molecule has 0 amide bonds. The molecule has 1 atom stereocenters. The average Bonchev–Trinajstić information content (AvgIpc) is 2.47. The van der Waals surface area contributed by atoms with Crippen LogP contribution in [0.1, 0.15) is 38.2 Å². The summed E-state index contributed by atoms with van der Waals surface area (Å²) in [7, 11) is -3.37. The van der Waals surface area contributed by atoms with E-state index >= 15 is 0 Å². The van der Waals surface area contributed by atoms with Crippen LogP contribution in [-0.2, 0) is 10.0 Å². The third kappa shape index (κ3) is 3.22. The summed E-state index contributed by atoms with van der Waals surface area (Å²) in [5.41, 5.74) is 6.83. The minimum absolute atomic E-state index is 0.286. The van der Waals surface area contributed by atoms with Gasteiger partial charge < -0.3 is 5.73 Å². The van der Waals surface area contributed by atoms with Crippen molar-refractivity contribution in [1.29, 1.82) is 0 Å². The number of rotatable bonds is 4. The number of hydrogen-bond acceptors (Lipinski definition) is 3. The highest BCUT2D eigenvalue weighted by atomic mass is 32.2. The van der Waals surface area contributed by atoms with Crippen LogP contribution < -0.4 is 5.73 Å². The lowest BCUT2D eigenvalue weighted by molar-refractivity contribution is 0.271. The SMILES string of the molecule is CC(C)c1ccc(S(=O)(=O)N2CCCC(CN)C2)cc1. The molecule has 0 aliphatic carbocycles. The first-order valence-corrected chi connectivity index (χ1v) is 8.69. The smallest absolute Gasteiger partial charge is 0.243 e. The van der Waals surface area contributed by atoms with Gasteiger partial charge in [-0.3, -0.25) is 0 Å². The number of hydrogen-bond donors (Lipinski definition) is 1. The van der Waals surface area contributed by atoms with E-state index < -0.39 is 10.0 Å². The molecule has 1 aliphatic rings. The van der Waals surface area contributed by atoms with Gasteiger partial charge in [0.2, 0.25) is 10.0 Å². The first kappa shape index (κ1) is 15.5. The molecule has 2 rings (SSSR count). The Bertz CT molecular complexity index is 537. The Balaban J connectivity index is 2.21. The van der Waals surface area contributed by atoms with Gasteiger partial charge >= 0.3 is 0 Å². The van der Waals surface area contributed by atoms with Gasteiger partial charge in [0.15, 0.2) is 0 Å². The van der Waals surface area contributed by atoms with E-state index in [2.05, 4.69) is 13.8 Å². The highest BCUT2D eigenvalue weighted by molar-refractivity contribution is 7.89. The van der Waals surface area contributed by atoms with E-state index in [9.17, 15) is 8.42 Å². The van der Waals surface area contributed by atoms with Gasteiger partial charge in [-0.2, -0.15) is 4.31 Å². The lowest BCUT2D eigenvalue weighted by Crippen LogP contribution is -2.41. The summed E-state index contributed by atoms with van der Waals surface area (Å²) in [6, 6.07) is 7.25.